The van der Waals surface area contributed by atoms with Crippen molar-refractivity contribution < 1.29 is 0 Å². The second kappa shape index (κ2) is 11.5. The Balaban J connectivity index is 2.46. The van der Waals surface area contributed by atoms with Gasteiger partial charge in [-0.15, -0.1) is 0 Å². The molecule has 3 heteroatoms. The molecule has 0 aromatic heterocycles. The first-order valence-corrected chi connectivity index (χ1v) is 19.4. The molecule has 0 aliphatic heterocycles. The molecule has 0 amide bonds. The molecule has 0 nitrogen and oxygen atoms in total. The van der Waals surface area contributed by atoms with Crippen LogP contribution in [0.4, 0.5) is 0 Å². The van der Waals surface area contributed by atoms with Gasteiger partial charge >= 0.3 is 220 Å². The zero-order valence-electron chi connectivity index (χ0n) is 23.7. The predicted molar refractivity (Wildman–Crippen MR) is 169 cm³/mol. The van der Waals surface area contributed by atoms with E-state index in [4.69, 9.17) is 0 Å². The molecule has 1 atom stereocenters. The topological polar surface area (TPSA) is 0 Å². The second-order valence-corrected chi connectivity index (χ2v) is 23.3. The molecule has 0 fully saturated rings. The summed E-state index contributed by atoms with van der Waals surface area (Å²) in [6.07, 6.45) is 2.59. The van der Waals surface area contributed by atoms with Gasteiger partial charge in [0.25, 0.3) is 0 Å². The van der Waals surface area contributed by atoms with Gasteiger partial charge < -0.3 is 0 Å². The van der Waals surface area contributed by atoms with Crippen LogP contribution in [0.3, 0.4) is 0 Å². The fourth-order valence-electron chi connectivity index (χ4n) is 5.79. The Morgan fingerprint density at radius 1 is 0.600 bits per heavy atom. The van der Waals surface area contributed by atoms with Crippen molar-refractivity contribution in [2.45, 2.75) is 92.7 Å². The Morgan fingerprint density at radius 3 is 1.57 bits per heavy atom. The molecule has 3 rings (SSSR count). The van der Waals surface area contributed by atoms with E-state index in [2.05, 4.69) is 147 Å². The zero-order valence-corrected chi connectivity index (χ0v) is 26.4. The van der Waals surface area contributed by atoms with E-state index in [0.29, 0.717) is 22.6 Å². The average Bonchev–Trinajstić information content (AvgIpc) is 2.83. The van der Waals surface area contributed by atoms with E-state index in [1.807, 2.05) is 0 Å². The molecule has 0 saturated heterocycles. The molecule has 35 heavy (non-hydrogen) atoms. The summed E-state index contributed by atoms with van der Waals surface area (Å²) in [4.78, 5) is 4.65. The first-order valence-electron chi connectivity index (χ1n) is 13.3. The third kappa shape index (κ3) is 5.30. The van der Waals surface area contributed by atoms with Gasteiger partial charge in [0, 0.05) is 0 Å². The average molecular weight is 527 g/mol. The van der Waals surface area contributed by atoms with Gasteiger partial charge in [-0.05, 0) is 0 Å². The third-order valence-corrected chi connectivity index (χ3v) is 21.8. The molecule has 0 spiro atoms. The fourth-order valence-corrected chi connectivity index (χ4v) is 17.6. The summed E-state index contributed by atoms with van der Waals surface area (Å²) in [7, 11) is -3.48. The predicted octanol–water partition coefficient (Wildman–Crippen LogP) is 9.34. The molecular formula is C32H48P2S. The minimum atomic E-state index is -1.76. The number of rotatable bonds is 9. The van der Waals surface area contributed by atoms with Crippen LogP contribution >= 0.6 is 25.2 Å². The molecule has 0 heterocycles. The van der Waals surface area contributed by atoms with Gasteiger partial charge in [-0.3, -0.25) is 0 Å². The van der Waals surface area contributed by atoms with Crippen LogP contribution in [-0.2, 0) is 0 Å². The van der Waals surface area contributed by atoms with Gasteiger partial charge in [-0.25, -0.2) is 0 Å². The molecule has 0 saturated carbocycles. The van der Waals surface area contributed by atoms with Crippen molar-refractivity contribution in [2.24, 2.45) is 0 Å². The van der Waals surface area contributed by atoms with Gasteiger partial charge in [0.15, 0.2) is 0 Å². The van der Waals surface area contributed by atoms with Crippen molar-refractivity contribution in [1.82, 2.24) is 0 Å². The number of hydrogen-bond donors (Lipinski definition) is 0. The van der Waals surface area contributed by atoms with Crippen molar-refractivity contribution in [3.05, 3.63) is 78.9 Å². The number of hydrogen-bond acceptors (Lipinski definition) is 0. The van der Waals surface area contributed by atoms with Crippen LogP contribution in [0, 0.1) is 0 Å². The van der Waals surface area contributed by atoms with Gasteiger partial charge in [0.1, 0.15) is 0 Å². The van der Waals surface area contributed by atoms with Crippen molar-refractivity contribution >= 4 is 35.8 Å². The molecule has 0 aliphatic rings. The molecular weight excluding hydrogens is 478 g/mol. The van der Waals surface area contributed by atoms with Crippen molar-refractivity contribution in [2.75, 3.05) is 12.9 Å². The molecule has 3 aromatic rings. The van der Waals surface area contributed by atoms with E-state index in [1.165, 1.54) is 4.90 Å². The zero-order chi connectivity index (χ0) is 26.0. The summed E-state index contributed by atoms with van der Waals surface area (Å²) in [5.74, 6) is 0. The Labute approximate surface area is 219 Å². The maximum atomic E-state index is 2.63. The van der Waals surface area contributed by atoms with Crippen molar-refractivity contribution in [3.63, 3.8) is 0 Å². The molecule has 0 bridgehead atoms. The quantitative estimate of drug-likeness (QED) is 0.244. The van der Waals surface area contributed by atoms with Gasteiger partial charge in [0.05, 0.1) is 0 Å². The monoisotopic (exact) mass is 526 g/mol. The van der Waals surface area contributed by atoms with E-state index >= 15 is 0 Å². The number of benzene rings is 3. The molecule has 192 valence electrons. The van der Waals surface area contributed by atoms with E-state index in [-0.39, 0.29) is 7.92 Å². The van der Waals surface area contributed by atoms with Crippen LogP contribution in [0.1, 0.15) is 55.4 Å². The first kappa shape index (κ1) is 28.4. The molecule has 0 aliphatic carbocycles. The molecule has 0 N–H and O–H groups in total. The van der Waals surface area contributed by atoms with Gasteiger partial charge in [0.2, 0.25) is 0 Å². The van der Waals surface area contributed by atoms with Crippen molar-refractivity contribution in [3.8, 4) is 0 Å². The van der Waals surface area contributed by atoms with Crippen LogP contribution in [0.2, 0.25) is 0 Å². The van der Waals surface area contributed by atoms with Crippen molar-refractivity contribution in [1.29, 1.82) is 0 Å². The first-order chi connectivity index (χ1) is 16.5. The SMILES string of the molecule is CC(C)P(c1ccccc1S(C)(c1ccccc1)c1ccccc1[PH](C)(C(C)C)C(C)C)C(C)C. The van der Waals surface area contributed by atoms with E-state index < -0.39 is 17.3 Å². The van der Waals surface area contributed by atoms with Crippen LogP contribution in [0.15, 0.2) is 93.5 Å². The van der Waals surface area contributed by atoms with Crippen LogP contribution in [0.5, 0.6) is 0 Å². The van der Waals surface area contributed by atoms with Crippen LogP contribution in [-0.4, -0.2) is 35.6 Å². The summed E-state index contributed by atoms with van der Waals surface area (Å²) in [6.45, 7) is 22.2. The summed E-state index contributed by atoms with van der Waals surface area (Å²) in [6, 6.07) is 30.5. The Bertz CT molecular complexity index is 1090. The van der Waals surface area contributed by atoms with E-state index in [9.17, 15) is 0 Å². The normalized spacial score (nSPS) is 15.7. The standard InChI is InChI=1S/C32H48P2S/c1-24(2)33(25(3)4)29-20-14-16-22-31(29)35(10,28-18-12-11-13-19-28)32-23-17-15-21-30(32)34(9,26(5)6)27(7)8/h11-27,34H,1-10H3. The summed E-state index contributed by atoms with van der Waals surface area (Å²) >= 11 is 0. The Kier molecular flexibility index (Phi) is 9.35. The second-order valence-electron chi connectivity index (χ2n) is 11.4. The third-order valence-electron chi connectivity index (χ3n) is 8.22. The Morgan fingerprint density at radius 2 is 1.06 bits per heavy atom. The Hall–Kier alpha value is -1.13. The maximum absolute atomic E-state index is 2.63. The van der Waals surface area contributed by atoms with Gasteiger partial charge in [-0.1, -0.05) is 0 Å². The van der Waals surface area contributed by atoms with E-state index in [1.54, 1.807) is 20.4 Å². The van der Waals surface area contributed by atoms with Crippen LogP contribution in [0.25, 0.3) is 0 Å². The minimum absolute atomic E-state index is 0.270. The molecule has 0 radical (unpaired) electrons. The molecule has 3 aromatic carbocycles. The summed E-state index contributed by atoms with van der Waals surface area (Å²) in [5, 5.41) is 3.28. The van der Waals surface area contributed by atoms with Gasteiger partial charge in [-0.2, -0.15) is 0 Å². The summed E-state index contributed by atoms with van der Waals surface area (Å²) < 4.78 is 0. The summed E-state index contributed by atoms with van der Waals surface area (Å²) in [5.41, 5.74) is 2.68. The molecule has 1 unspecified atom stereocenters. The van der Waals surface area contributed by atoms with Crippen LogP contribution < -0.4 is 10.6 Å². The van der Waals surface area contributed by atoms with E-state index in [0.717, 1.165) is 0 Å². The fraction of sp³-hybridized carbons (Fsp3) is 0.438.